The summed E-state index contributed by atoms with van der Waals surface area (Å²) in [5.41, 5.74) is 0.731. The van der Waals surface area contributed by atoms with Gasteiger partial charge in [0, 0.05) is 23.6 Å². The summed E-state index contributed by atoms with van der Waals surface area (Å²) < 4.78 is 46.2. The summed E-state index contributed by atoms with van der Waals surface area (Å²) in [4.78, 5) is 16.1. The van der Waals surface area contributed by atoms with Crippen LogP contribution in [0.15, 0.2) is 36.0 Å². The average molecular weight is 434 g/mol. The molecule has 1 aromatic carbocycles. The van der Waals surface area contributed by atoms with E-state index in [9.17, 15) is 18.0 Å². The lowest BCUT2D eigenvalue weighted by molar-refractivity contribution is -0.137. The lowest BCUT2D eigenvalue weighted by Gasteiger charge is -2.11. The molecule has 0 fully saturated rings. The molecule has 156 valence electrons. The van der Waals surface area contributed by atoms with Crippen LogP contribution < -0.4 is 0 Å². The molecular weight excluding hydrogens is 417 g/mol. The summed E-state index contributed by atoms with van der Waals surface area (Å²) in [6, 6.07) is 5.69. The van der Waals surface area contributed by atoms with Crippen molar-refractivity contribution in [1.82, 2.24) is 14.8 Å². The van der Waals surface area contributed by atoms with Crippen LogP contribution in [0.1, 0.15) is 39.8 Å². The molecule has 0 aliphatic carbocycles. The van der Waals surface area contributed by atoms with Gasteiger partial charge in [0.2, 0.25) is 0 Å². The third-order valence-electron chi connectivity index (χ3n) is 4.13. The van der Waals surface area contributed by atoms with E-state index in [1.54, 1.807) is 18.4 Å². The Morgan fingerprint density at radius 2 is 2.13 bits per heavy atom. The summed E-state index contributed by atoms with van der Waals surface area (Å²) >= 11 is 1.28. The predicted molar refractivity (Wildman–Crippen MR) is 104 cm³/mol. The van der Waals surface area contributed by atoms with Gasteiger partial charge >= 0.3 is 12.1 Å². The molecule has 0 aliphatic heterocycles. The highest BCUT2D eigenvalue weighted by atomic mass is 32.1. The van der Waals surface area contributed by atoms with Gasteiger partial charge in [0.05, 0.1) is 42.2 Å². The Morgan fingerprint density at radius 3 is 2.83 bits per heavy atom. The van der Waals surface area contributed by atoms with Gasteiger partial charge in [-0.2, -0.15) is 23.5 Å². The van der Waals surface area contributed by atoms with Crippen LogP contribution in [-0.2, 0) is 23.9 Å². The van der Waals surface area contributed by atoms with Crippen molar-refractivity contribution in [3.05, 3.63) is 57.7 Å². The number of nitrogens with zero attached hydrogens (tertiary/aromatic N) is 4. The molecule has 2 heterocycles. The van der Waals surface area contributed by atoms with E-state index < -0.39 is 17.7 Å². The minimum absolute atomic E-state index is 0.130. The van der Waals surface area contributed by atoms with Crippen LogP contribution in [0.3, 0.4) is 0 Å². The van der Waals surface area contributed by atoms with Crippen LogP contribution in [0.4, 0.5) is 13.2 Å². The number of carbonyl (C=O) groups is 1. The van der Waals surface area contributed by atoms with Gasteiger partial charge in [0.25, 0.3) is 0 Å². The molecule has 3 aromatic rings. The number of aromatic nitrogens is 3. The second kappa shape index (κ2) is 9.09. The lowest BCUT2D eigenvalue weighted by atomic mass is 10.0. The van der Waals surface area contributed by atoms with Crippen LogP contribution in [-0.4, -0.2) is 27.3 Å². The summed E-state index contributed by atoms with van der Waals surface area (Å²) in [6.07, 6.45) is -1.21. The van der Waals surface area contributed by atoms with E-state index in [1.807, 2.05) is 6.07 Å². The molecule has 3 rings (SSSR count). The molecule has 0 saturated heterocycles. The van der Waals surface area contributed by atoms with E-state index in [4.69, 9.17) is 10.00 Å². The summed E-state index contributed by atoms with van der Waals surface area (Å²) in [5, 5.41) is 15.1. The molecule has 0 atom stereocenters. The standard InChI is InChI=1S/C20H17F3N4O2S/c1-2-29-19(28)15-9-25-27(10-15)11-18-26-17(12-30-18)14-6-13(4-3-5-24)7-16(8-14)20(21,22)23/h6-10,12H,2-4,11H2,1H3. The Morgan fingerprint density at radius 1 is 1.33 bits per heavy atom. The van der Waals surface area contributed by atoms with Crippen LogP contribution in [0.5, 0.6) is 0 Å². The van der Waals surface area contributed by atoms with E-state index >= 15 is 0 Å². The van der Waals surface area contributed by atoms with Gasteiger partial charge in [0.1, 0.15) is 5.01 Å². The van der Waals surface area contributed by atoms with Crippen LogP contribution in [0.25, 0.3) is 11.3 Å². The number of ether oxygens (including phenoxy) is 1. The normalized spacial score (nSPS) is 11.3. The van der Waals surface area contributed by atoms with Gasteiger partial charge in [-0.15, -0.1) is 11.3 Å². The Hall–Kier alpha value is -3.19. The van der Waals surface area contributed by atoms with Crippen molar-refractivity contribution in [2.45, 2.75) is 32.5 Å². The van der Waals surface area contributed by atoms with Gasteiger partial charge < -0.3 is 4.74 Å². The first-order valence-corrected chi connectivity index (χ1v) is 9.90. The average Bonchev–Trinajstić information content (AvgIpc) is 3.36. The zero-order valence-electron chi connectivity index (χ0n) is 15.9. The van der Waals surface area contributed by atoms with Crippen molar-refractivity contribution in [1.29, 1.82) is 5.26 Å². The summed E-state index contributed by atoms with van der Waals surface area (Å²) in [6.45, 7) is 2.23. The summed E-state index contributed by atoms with van der Waals surface area (Å²) in [7, 11) is 0. The fourth-order valence-corrected chi connectivity index (χ4v) is 3.57. The number of hydrogen-bond acceptors (Lipinski definition) is 6. The maximum atomic E-state index is 13.3. The van der Waals surface area contributed by atoms with Gasteiger partial charge in [0.15, 0.2) is 0 Å². The molecule has 0 N–H and O–H groups in total. The number of rotatable bonds is 7. The second-order valence-electron chi connectivity index (χ2n) is 6.35. The topological polar surface area (TPSA) is 80.8 Å². The summed E-state index contributed by atoms with van der Waals surface area (Å²) in [5.74, 6) is -0.475. The maximum absolute atomic E-state index is 13.3. The van der Waals surface area contributed by atoms with E-state index in [-0.39, 0.29) is 26.0 Å². The zero-order chi connectivity index (χ0) is 21.7. The number of nitriles is 1. The van der Waals surface area contributed by atoms with Crippen molar-refractivity contribution in [3.8, 4) is 17.3 Å². The maximum Gasteiger partial charge on any atom is 0.416 e. The molecule has 0 aliphatic rings. The van der Waals surface area contributed by atoms with Gasteiger partial charge in [-0.05, 0) is 37.1 Å². The lowest BCUT2D eigenvalue weighted by Crippen LogP contribution is -2.06. The molecule has 0 bridgehead atoms. The first-order valence-electron chi connectivity index (χ1n) is 9.02. The number of aryl methyl sites for hydroxylation is 1. The minimum Gasteiger partial charge on any atom is -0.462 e. The van der Waals surface area contributed by atoms with E-state index in [0.717, 1.165) is 12.1 Å². The van der Waals surface area contributed by atoms with Crippen molar-refractivity contribution >= 4 is 17.3 Å². The SMILES string of the molecule is CCOC(=O)c1cnn(Cc2nc(-c3cc(CCC#N)cc(C(F)(F)F)c3)cs2)c1. The molecule has 0 spiro atoms. The van der Waals surface area contributed by atoms with Crippen LogP contribution in [0, 0.1) is 11.3 Å². The van der Waals surface area contributed by atoms with Crippen LogP contribution in [0.2, 0.25) is 0 Å². The largest absolute Gasteiger partial charge is 0.462 e. The molecular formula is C20H17F3N4O2S. The Bertz CT molecular complexity index is 1080. The smallest absolute Gasteiger partial charge is 0.416 e. The molecule has 10 heteroatoms. The molecule has 30 heavy (non-hydrogen) atoms. The van der Waals surface area contributed by atoms with E-state index in [0.29, 0.717) is 27.4 Å². The van der Waals surface area contributed by atoms with Crippen molar-refractivity contribution in [2.24, 2.45) is 0 Å². The minimum atomic E-state index is -4.49. The van der Waals surface area contributed by atoms with Gasteiger partial charge in [-0.25, -0.2) is 9.78 Å². The fraction of sp³-hybridized carbons (Fsp3) is 0.300. The molecule has 0 radical (unpaired) electrons. The van der Waals surface area contributed by atoms with Gasteiger partial charge in [-0.3, -0.25) is 4.68 Å². The van der Waals surface area contributed by atoms with Crippen molar-refractivity contribution < 1.29 is 22.7 Å². The number of alkyl halides is 3. The van der Waals surface area contributed by atoms with Crippen molar-refractivity contribution in [2.75, 3.05) is 6.61 Å². The molecule has 0 amide bonds. The third kappa shape index (κ3) is 5.24. The zero-order valence-corrected chi connectivity index (χ0v) is 16.8. The number of thiazole rings is 1. The second-order valence-corrected chi connectivity index (χ2v) is 7.29. The number of carbonyl (C=O) groups excluding carboxylic acids is 1. The number of esters is 1. The van der Waals surface area contributed by atoms with E-state index in [1.165, 1.54) is 28.4 Å². The first kappa shape index (κ1) is 21.5. The Labute approximate surface area is 174 Å². The van der Waals surface area contributed by atoms with Crippen LogP contribution >= 0.6 is 11.3 Å². The molecule has 2 aromatic heterocycles. The molecule has 0 saturated carbocycles. The highest BCUT2D eigenvalue weighted by Gasteiger charge is 2.31. The first-order chi connectivity index (χ1) is 14.3. The molecule has 0 unspecified atom stereocenters. The van der Waals surface area contributed by atoms with Gasteiger partial charge in [-0.1, -0.05) is 0 Å². The number of halogens is 3. The number of hydrogen-bond donors (Lipinski definition) is 0. The predicted octanol–water partition coefficient (Wildman–Crippen LogP) is 4.71. The number of benzene rings is 1. The Balaban J connectivity index is 1.83. The molecule has 6 nitrogen and oxygen atoms in total. The highest BCUT2D eigenvalue weighted by Crippen LogP contribution is 2.34. The monoisotopic (exact) mass is 434 g/mol. The highest BCUT2D eigenvalue weighted by molar-refractivity contribution is 7.09. The quantitative estimate of drug-likeness (QED) is 0.503. The van der Waals surface area contributed by atoms with Crippen molar-refractivity contribution in [3.63, 3.8) is 0 Å². The van der Waals surface area contributed by atoms with E-state index in [2.05, 4.69) is 10.1 Å². The third-order valence-corrected chi connectivity index (χ3v) is 4.97. The Kier molecular flexibility index (Phi) is 6.52. The fourth-order valence-electron chi connectivity index (χ4n) is 2.77.